The lowest BCUT2D eigenvalue weighted by atomic mass is 9.92. The molecule has 0 aromatic rings. The van der Waals surface area contributed by atoms with Crippen LogP contribution in [0.2, 0.25) is 0 Å². The Balaban J connectivity index is 1.88. The van der Waals surface area contributed by atoms with Crippen LogP contribution in [0.3, 0.4) is 0 Å². The van der Waals surface area contributed by atoms with E-state index in [9.17, 15) is 4.79 Å². The van der Waals surface area contributed by atoms with Gasteiger partial charge in [0, 0.05) is 25.0 Å². The molecule has 1 heterocycles. The van der Waals surface area contributed by atoms with Crippen molar-refractivity contribution >= 4 is 5.91 Å². The number of piperidine rings is 1. The molecule has 2 rings (SSSR count). The molecule has 1 aliphatic carbocycles. The topological polar surface area (TPSA) is 32.3 Å². The molecule has 2 aliphatic rings. The SMILES string of the molecule is CCCN(CC1CC1)C(=O)C1CCNC(C)C1. The molecule has 2 fully saturated rings. The molecule has 1 saturated heterocycles. The zero-order valence-electron chi connectivity index (χ0n) is 11.2. The maximum absolute atomic E-state index is 12.5. The number of nitrogens with zero attached hydrogens (tertiary/aromatic N) is 1. The minimum absolute atomic E-state index is 0.275. The Bertz CT molecular complexity index is 263. The van der Waals surface area contributed by atoms with E-state index in [-0.39, 0.29) is 5.92 Å². The average Bonchev–Trinajstić information content (AvgIpc) is 3.11. The summed E-state index contributed by atoms with van der Waals surface area (Å²) in [6.45, 7) is 7.32. The third kappa shape index (κ3) is 3.70. The summed E-state index contributed by atoms with van der Waals surface area (Å²) in [5, 5.41) is 3.42. The lowest BCUT2D eigenvalue weighted by Gasteiger charge is -2.32. The van der Waals surface area contributed by atoms with Crippen molar-refractivity contribution in [2.24, 2.45) is 11.8 Å². The van der Waals surface area contributed by atoms with Crippen LogP contribution in [-0.4, -0.2) is 36.5 Å². The molecule has 98 valence electrons. The highest BCUT2D eigenvalue weighted by Crippen LogP contribution is 2.31. The molecule has 1 saturated carbocycles. The standard InChI is InChI=1S/C14H26N2O/c1-3-8-16(10-12-4-5-12)14(17)13-6-7-15-11(2)9-13/h11-13,15H,3-10H2,1-2H3. The fourth-order valence-electron chi connectivity index (χ4n) is 2.79. The van der Waals surface area contributed by atoms with Gasteiger partial charge in [-0.3, -0.25) is 4.79 Å². The first kappa shape index (κ1) is 12.9. The molecule has 17 heavy (non-hydrogen) atoms. The summed E-state index contributed by atoms with van der Waals surface area (Å²) >= 11 is 0. The number of carbonyl (C=O) groups is 1. The van der Waals surface area contributed by atoms with E-state index in [1.165, 1.54) is 12.8 Å². The van der Waals surface area contributed by atoms with Crippen LogP contribution >= 0.6 is 0 Å². The molecule has 2 unspecified atom stereocenters. The van der Waals surface area contributed by atoms with Gasteiger partial charge in [0.15, 0.2) is 0 Å². The van der Waals surface area contributed by atoms with Crippen LogP contribution in [0.4, 0.5) is 0 Å². The van der Waals surface area contributed by atoms with Crippen molar-refractivity contribution in [3.8, 4) is 0 Å². The highest BCUT2D eigenvalue weighted by atomic mass is 16.2. The number of hydrogen-bond acceptors (Lipinski definition) is 2. The Kier molecular flexibility index (Phi) is 4.43. The molecule has 1 N–H and O–H groups in total. The van der Waals surface area contributed by atoms with Crippen molar-refractivity contribution in [1.82, 2.24) is 10.2 Å². The number of carbonyl (C=O) groups excluding carboxylic acids is 1. The van der Waals surface area contributed by atoms with Crippen molar-refractivity contribution in [3.05, 3.63) is 0 Å². The van der Waals surface area contributed by atoms with E-state index < -0.39 is 0 Å². The summed E-state index contributed by atoms with van der Waals surface area (Å²) in [5.74, 6) is 1.51. The summed E-state index contributed by atoms with van der Waals surface area (Å²) in [6.07, 6.45) is 5.78. The number of amides is 1. The Morgan fingerprint density at radius 1 is 1.35 bits per heavy atom. The van der Waals surface area contributed by atoms with E-state index in [1.807, 2.05) is 0 Å². The summed E-state index contributed by atoms with van der Waals surface area (Å²) in [5.41, 5.74) is 0. The second-order valence-electron chi connectivity index (χ2n) is 5.80. The Labute approximate surface area is 105 Å². The Hall–Kier alpha value is -0.570. The number of rotatable bonds is 5. The molecule has 0 aromatic heterocycles. The molecule has 1 amide bonds. The molecule has 0 aromatic carbocycles. The molecule has 1 aliphatic heterocycles. The largest absolute Gasteiger partial charge is 0.342 e. The van der Waals surface area contributed by atoms with Gasteiger partial charge in [-0.1, -0.05) is 6.92 Å². The molecule has 3 nitrogen and oxygen atoms in total. The zero-order chi connectivity index (χ0) is 12.3. The van der Waals surface area contributed by atoms with Gasteiger partial charge in [-0.2, -0.15) is 0 Å². The lowest BCUT2D eigenvalue weighted by molar-refractivity contribution is -0.137. The fourth-order valence-corrected chi connectivity index (χ4v) is 2.79. The normalized spacial score (nSPS) is 29.1. The predicted molar refractivity (Wildman–Crippen MR) is 69.8 cm³/mol. The quantitative estimate of drug-likeness (QED) is 0.795. The first-order chi connectivity index (χ1) is 8.20. The van der Waals surface area contributed by atoms with Crippen LogP contribution < -0.4 is 5.32 Å². The molecule has 3 heteroatoms. The van der Waals surface area contributed by atoms with E-state index >= 15 is 0 Å². The number of hydrogen-bond donors (Lipinski definition) is 1. The van der Waals surface area contributed by atoms with Crippen LogP contribution in [-0.2, 0) is 4.79 Å². The molecule has 0 bridgehead atoms. The smallest absolute Gasteiger partial charge is 0.225 e. The van der Waals surface area contributed by atoms with Gasteiger partial charge in [-0.05, 0) is 51.5 Å². The van der Waals surface area contributed by atoms with E-state index in [2.05, 4.69) is 24.1 Å². The predicted octanol–water partition coefficient (Wildman–Crippen LogP) is 2.02. The maximum atomic E-state index is 12.5. The van der Waals surface area contributed by atoms with Crippen molar-refractivity contribution in [2.45, 2.75) is 52.0 Å². The van der Waals surface area contributed by atoms with Crippen LogP contribution in [0, 0.1) is 11.8 Å². The average molecular weight is 238 g/mol. The third-order valence-corrected chi connectivity index (χ3v) is 3.95. The van der Waals surface area contributed by atoms with Gasteiger partial charge in [-0.25, -0.2) is 0 Å². The van der Waals surface area contributed by atoms with Crippen molar-refractivity contribution in [1.29, 1.82) is 0 Å². The van der Waals surface area contributed by atoms with E-state index in [0.717, 1.165) is 44.8 Å². The molecule has 0 radical (unpaired) electrons. The number of nitrogens with one attached hydrogen (secondary N) is 1. The van der Waals surface area contributed by atoms with Crippen molar-refractivity contribution < 1.29 is 4.79 Å². The summed E-state index contributed by atoms with van der Waals surface area (Å²) in [6, 6.07) is 0.502. The van der Waals surface area contributed by atoms with Crippen LogP contribution in [0.5, 0.6) is 0 Å². The molecular weight excluding hydrogens is 212 g/mol. The van der Waals surface area contributed by atoms with E-state index in [4.69, 9.17) is 0 Å². The summed E-state index contributed by atoms with van der Waals surface area (Å²) in [4.78, 5) is 14.6. The van der Waals surface area contributed by atoms with Gasteiger partial charge in [0.25, 0.3) is 0 Å². The minimum Gasteiger partial charge on any atom is -0.342 e. The van der Waals surface area contributed by atoms with Crippen LogP contribution in [0.1, 0.15) is 46.0 Å². The van der Waals surface area contributed by atoms with E-state index in [1.54, 1.807) is 0 Å². The minimum atomic E-state index is 0.275. The Morgan fingerprint density at radius 3 is 2.71 bits per heavy atom. The fraction of sp³-hybridized carbons (Fsp3) is 0.929. The van der Waals surface area contributed by atoms with Gasteiger partial charge in [0.05, 0.1) is 0 Å². The highest BCUT2D eigenvalue weighted by Gasteiger charge is 2.31. The highest BCUT2D eigenvalue weighted by molar-refractivity contribution is 5.79. The van der Waals surface area contributed by atoms with Gasteiger partial charge in [0.2, 0.25) is 5.91 Å². The summed E-state index contributed by atoms with van der Waals surface area (Å²) in [7, 11) is 0. The second kappa shape index (κ2) is 5.85. The Morgan fingerprint density at radius 2 is 2.12 bits per heavy atom. The van der Waals surface area contributed by atoms with Crippen molar-refractivity contribution in [2.75, 3.05) is 19.6 Å². The van der Waals surface area contributed by atoms with Crippen molar-refractivity contribution in [3.63, 3.8) is 0 Å². The zero-order valence-corrected chi connectivity index (χ0v) is 11.2. The maximum Gasteiger partial charge on any atom is 0.225 e. The second-order valence-corrected chi connectivity index (χ2v) is 5.80. The van der Waals surface area contributed by atoms with E-state index in [0.29, 0.717) is 11.9 Å². The molecule has 0 spiro atoms. The first-order valence-corrected chi connectivity index (χ1v) is 7.23. The lowest BCUT2D eigenvalue weighted by Crippen LogP contribution is -2.45. The first-order valence-electron chi connectivity index (χ1n) is 7.23. The molecule has 2 atom stereocenters. The van der Waals surface area contributed by atoms with Gasteiger partial charge in [0.1, 0.15) is 0 Å². The van der Waals surface area contributed by atoms with Gasteiger partial charge in [-0.15, -0.1) is 0 Å². The van der Waals surface area contributed by atoms with Gasteiger partial charge < -0.3 is 10.2 Å². The summed E-state index contributed by atoms with van der Waals surface area (Å²) < 4.78 is 0. The van der Waals surface area contributed by atoms with Crippen LogP contribution in [0.15, 0.2) is 0 Å². The monoisotopic (exact) mass is 238 g/mol. The third-order valence-electron chi connectivity index (χ3n) is 3.95. The van der Waals surface area contributed by atoms with Crippen LogP contribution in [0.25, 0.3) is 0 Å². The van der Waals surface area contributed by atoms with Gasteiger partial charge >= 0.3 is 0 Å². The molecular formula is C14H26N2O.